The molecule has 0 aliphatic carbocycles. The van der Waals surface area contributed by atoms with Crippen LogP contribution in [-0.2, 0) is 16.4 Å². The zero-order chi connectivity index (χ0) is 19.3. The van der Waals surface area contributed by atoms with E-state index >= 15 is 0 Å². The highest BCUT2D eigenvalue weighted by Crippen LogP contribution is 2.23. The number of piperidine rings is 1. The number of anilines is 1. The lowest BCUT2D eigenvalue weighted by Crippen LogP contribution is -2.37. The van der Waals surface area contributed by atoms with Crippen molar-refractivity contribution in [2.45, 2.75) is 19.3 Å². The van der Waals surface area contributed by atoms with E-state index in [9.17, 15) is 13.2 Å². The predicted molar refractivity (Wildman–Crippen MR) is 106 cm³/mol. The molecule has 0 unspecified atom stereocenters. The molecule has 7 heteroatoms. The lowest BCUT2D eigenvalue weighted by atomic mass is 9.89. The Balaban J connectivity index is 1.49. The Morgan fingerprint density at radius 3 is 2.44 bits per heavy atom. The minimum Gasteiger partial charge on any atom is -0.303 e. The number of carbonyl (C=O) groups is 1. The van der Waals surface area contributed by atoms with Gasteiger partial charge in [-0.2, -0.15) is 0 Å². The van der Waals surface area contributed by atoms with Gasteiger partial charge in [0.2, 0.25) is 10.0 Å². The zero-order valence-corrected chi connectivity index (χ0v) is 16.3. The van der Waals surface area contributed by atoms with Crippen LogP contribution in [0.5, 0.6) is 0 Å². The van der Waals surface area contributed by atoms with E-state index in [0.29, 0.717) is 11.3 Å². The Labute approximate surface area is 160 Å². The van der Waals surface area contributed by atoms with E-state index in [1.54, 1.807) is 24.3 Å². The van der Waals surface area contributed by atoms with Crippen LogP contribution >= 0.6 is 0 Å². The Morgan fingerprint density at radius 2 is 1.85 bits per heavy atom. The average Bonchev–Trinajstić information content (AvgIpc) is 2.66. The van der Waals surface area contributed by atoms with Gasteiger partial charge in [-0.1, -0.05) is 6.07 Å². The highest BCUT2D eigenvalue weighted by atomic mass is 32.2. The fraction of sp³-hybridized carbons (Fsp3) is 0.400. The molecule has 27 heavy (non-hydrogen) atoms. The summed E-state index contributed by atoms with van der Waals surface area (Å²) < 4.78 is 24.9. The number of rotatable bonds is 7. The summed E-state index contributed by atoms with van der Waals surface area (Å²) in [4.78, 5) is 19.5. The summed E-state index contributed by atoms with van der Waals surface area (Å²) in [6.07, 6.45) is 5.55. The molecule has 0 saturated carbocycles. The molecule has 2 aromatic rings. The molecule has 1 aromatic carbocycles. The number of nitrogens with one attached hydrogen (secondary N) is 1. The molecule has 1 aliphatic heterocycles. The minimum atomic E-state index is -3.31. The second-order valence-electron chi connectivity index (χ2n) is 7.00. The van der Waals surface area contributed by atoms with Gasteiger partial charge in [-0.25, -0.2) is 8.42 Å². The maximum Gasteiger partial charge on any atom is 0.229 e. The molecule has 1 aromatic heterocycles. The first-order valence-electron chi connectivity index (χ1n) is 9.15. The van der Waals surface area contributed by atoms with Crippen molar-refractivity contribution in [3.63, 3.8) is 0 Å². The lowest BCUT2D eigenvalue weighted by Gasteiger charge is -2.31. The first kappa shape index (κ1) is 19.5. The number of benzene rings is 1. The molecule has 0 spiro atoms. The van der Waals surface area contributed by atoms with Gasteiger partial charge >= 0.3 is 0 Å². The van der Waals surface area contributed by atoms with Crippen molar-refractivity contribution in [3.8, 4) is 0 Å². The van der Waals surface area contributed by atoms with E-state index < -0.39 is 10.0 Å². The number of hydrogen-bond donors (Lipinski definition) is 1. The zero-order valence-electron chi connectivity index (χ0n) is 15.5. The highest BCUT2D eigenvalue weighted by Gasteiger charge is 2.25. The van der Waals surface area contributed by atoms with Gasteiger partial charge in [0.15, 0.2) is 5.78 Å². The van der Waals surface area contributed by atoms with Crippen molar-refractivity contribution in [3.05, 3.63) is 59.9 Å². The molecule has 6 nitrogen and oxygen atoms in total. The molecule has 0 atom stereocenters. The fourth-order valence-corrected chi connectivity index (χ4v) is 3.95. The van der Waals surface area contributed by atoms with Gasteiger partial charge in [-0.05, 0) is 62.3 Å². The molecule has 1 saturated heterocycles. The summed E-state index contributed by atoms with van der Waals surface area (Å²) in [5, 5.41) is 0. The number of sulfonamides is 1. The van der Waals surface area contributed by atoms with Crippen molar-refractivity contribution in [1.29, 1.82) is 0 Å². The largest absolute Gasteiger partial charge is 0.303 e. The molecule has 0 bridgehead atoms. The molecule has 3 rings (SSSR count). The number of carbonyl (C=O) groups excluding carboxylic acids is 1. The molecule has 0 amide bonds. The summed E-state index contributed by atoms with van der Waals surface area (Å²) in [5.41, 5.74) is 2.21. The maximum absolute atomic E-state index is 12.7. The van der Waals surface area contributed by atoms with Crippen LogP contribution in [0.2, 0.25) is 0 Å². The van der Waals surface area contributed by atoms with Gasteiger partial charge in [0, 0.05) is 42.0 Å². The van der Waals surface area contributed by atoms with Gasteiger partial charge in [0.25, 0.3) is 0 Å². The predicted octanol–water partition coefficient (Wildman–Crippen LogP) is 2.59. The Kier molecular flexibility index (Phi) is 6.23. The van der Waals surface area contributed by atoms with Crippen LogP contribution in [0.15, 0.2) is 48.7 Å². The first-order chi connectivity index (χ1) is 12.9. The number of pyridine rings is 1. The normalized spacial score (nSPS) is 16.2. The molecule has 1 aliphatic rings. The Bertz CT molecular complexity index is 859. The molecule has 1 N–H and O–H groups in total. The minimum absolute atomic E-state index is 0.0322. The Morgan fingerprint density at radius 1 is 1.15 bits per heavy atom. The number of hydrogen-bond acceptors (Lipinski definition) is 5. The van der Waals surface area contributed by atoms with Crippen LogP contribution in [0.25, 0.3) is 0 Å². The molecule has 144 valence electrons. The Hall–Kier alpha value is -2.25. The van der Waals surface area contributed by atoms with E-state index in [4.69, 9.17) is 0 Å². The van der Waals surface area contributed by atoms with Crippen molar-refractivity contribution >= 4 is 21.5 Å². The third-order valence-electron chi connectivity index (χ3n) is 4.84. The fourth-order valence-electron chi connectivity index (χ4n) is 3.39. The van der Waals surface area contributed by atoms with E-state index in [1.807, 2.05) is 24.4 Å². The standard InChI is InChI=1S/C20H25N3O3S/c1-27(25,26)22-19-7-5-16(6-8-19)20(24)17-9-13-23(14-10-17)15-11-18-4-2-3-12-21-18/h2-8,12,17,22H,9-11,13-15H2,1H3. The van der Waals surface area contributed by atoms with Gasteiger partial charge < -0.3 is 4.90 Å². The van der Waals surface area contributed by atoms with Crippen LogP contribution in [0.1, 0.15) is 28.9 Å². The summed E-state index contributed by atoms with van der Waals surface area (Å²) >= 11 is 0. The van der Waals surface area contributed by atoms with Gasteiger partial charge in [0.1, 0.15) is 0 Å². The molecular formula is C20H25N3O3S. The van der Waals surface area contributed by atoms with Crippen molar-refractivity contribution in [2.75, 3.05) is 30.6 Å². The van der Waals surface area contributed by atoms with E-state index in [2.05, 4.69) is 14.6 Å². The van der Waals surface area contributed by atoms with Crippen molar-refractivity contribution in [2.24, 2.45) is 5.92 Å². The molecule has 1 fully saturated rings. The average molecular weight is 388 g/mol. The van der Waals surface area contributed by atoms with Crippen molar-refractivity contribution < 1.29 is 13.2 Å². The monoisotopic (exact) mass is 387 g/mol. The van der Waals surface area contributed by atoms with Crippen LogP contribution in [0.3, 0.4) is 0 Å². The highest BCUT2D eigenvalue weighted by molar-refractivity contribution is 7.92. The summed E-state index contributed by atoms with van der Waals surface area (Å²) in [5.74, 6) is 0.176. The first-order valence-corrected chi connectivity index (χ1v) is 11.0. The number of likely N-dealkylation sites (tertiary alicyclic amines) is 1. The summed E-state index contributed by atoms with van der Waals surface area (Å²) in [6, 6.07) is 12.6. The number of ketones is 1. The van der Waals surface area contributed by atoms with Gasteiger partial charge in [-0.3, -0.25) is 14.5 Å². The molecule has 2 heterocycles. The SMILES string of the molecule is CS(=O)(=O)Nc1ccc(C(=O)C2CCN(CCc3ccccn3)CC2)cc1. The topological polar surface area (TPSA) is 79.4 Å². The van der Waals surface area contributed by atoms with E-state index in [-0.39, 0.29) is 11.7 Å². The quantitative estimate of drug-likeness (QED) is 0.739. The second-order valence-corrected chi connectivity index (χ2v) is 8.75. The molecule has 0 radical (unpaired) electrons. The maximum atomic E-state index is 12.7. The number of Topliss-reactive ketones (excluding diaryl/α,β-unsaturated/α-hetero) is 1. The lowest BCUT2D eigenvalue weighted by molar-refractivity contribution is 0.0841. The number of aromatic nitrogens is 1. The van der Waals surface area contributed by atoms with Gasteiger partial charge in [-0.15, -0.1) is 0 Å². The molecular weight excluding hydrogens is 362 g/mol. The van der Waals surface area contributed by atoms with Crippen LogP contribution < -0.4 is 4.72 Å². The van der Waals surface area contributed by atoms with E-state index in [0.717, 1.165) is 50.8 Å². The smallest absolute Gasteiger partial charge is 0.229 e. The van der Waals surface area contributed by atoms with Crippen LogP contribution in [0.4, 0.5) is 5.69 Å². The second kappa shape index (κ2) is 8.63. The summed E-state index contributed by atoms with van der Waals surface area (Å²) in [6.45, 7) is 2.79. The summed E-state index contributed by atoms with van der Waals surface area (Å²) in [7, 11) is -3.31. The van der Waals surface area contributed by atoms with Crippen LogP contribution in [0, 0.1) is 5.92 Å². The van der Waals surface area contributed by atoms with Crippen molar-refractivity contribution in [1.82, 2.24) is 9.88 Å². The number of nitrogens with zero attached hydrogens (tertiary/aromatic N) is 2. The van der Waals surface area contributed by atoms with Gasteiger partial charge in [0.05, 0.1) is 6.26 Å². The van der Waals surface area contributed by atoms with E-state index in [1.165, 1.54) is 0 Å². The third kappa shape index (κ3) is 5.87. The van der Waals surface area contributed by atoms with Crippen LogP contribution in [-0.4, -0.2) is 50.0 Å². The third-order valence-corrected chi connectivity index (χ3v) is 5.45.